The normalized spacial score (nSPS) is 9.70. The van der Waals surface area contributed by atoms with Gasteiger partial charge in [0.1, 0.15) is 0 Å². The van der Waals surface area contributed by atoms with E-state index in [1.165, 1.54) is 0 Å². The Kier molecular flexibility index (Phi) is 15.6. The molecule has 7 aromatic carbocycles. The predicted octanol–water partition coefficient (Wildman–Crippen LogP) is 13.8. The summed E-state index contributed by atoms with van der Waals surface area (Å²) in [4.78, 5) is 0. The molecule has 0 bridgehead atoms. The van der Waals surface area contributed by atoms with E-state index in [1.807, 2.05) is 72.8 Å². The van der Waals surface area contributed by atoms with Gasteiger partial charge in [0.15, 0.2) is 0 Å². The highest BCUT2D eigenvalue weighted by atomic mass is 35.5. The summed E-state index contributed by atoms with van der Waals surface area (Å²) in [6.45, 7) is 0. The van der Waals surface area contributed by atoms with Gasteiger partial charge in [-0.2, -0.15) is 31.6 Å². The molecule has 0 aromatic heterocycles. The molecule has 0 saturated heterocycles. The summed E-state index contributed by atoms with van der Waals surface area (Å²) in [5.41, 5.74) is 12.8. The maximum Gasteiger partial charge on any atom is 0.0991 e. The van der Waals surface area contributed by atoms with Crippen molar-refractivity contribution in [1.29, 1.82) is 31.6 Å². The molecule has 0 radical (unpaired) electrons. The van der Waals surface area contributed by atoms with E-state index < -0.39 is 0 Å². The van der Waals surface area contributed by atoms with E-state index in [1.54, 1.807) is 72.8 Å². The van der Waals surface area contributed by atoms with Crippen molar-refractivity contribution in [2.75, 3.05) is 10.7 Å². The van der Waals surface area contributed by atoms with Gasteiger partial charge in [-0.3, -0.25) is 0 Å². The van der Waals surface area contributed by atoms with Crippen LogP contribution in [-0.2, 0) is 0 Å². The number of nitrogens with zero attached hydrogens (tertiary/aromatic N) is 6. The molecular formula is C50H28Cl4N6. The molecule has 0 aliphatic carbocycles. The number of hydrogen-bond acceptors (Lipinski definition) is 6. The van der Waals surface area contributed by atoms with E-state index in [-0.39, 0.29) is 10.7 Å². The molecule has 0 aliphatic rings. The van der Waals surface area contributed by atoms with Crippen LogP contribution in [0.5, 0.6) is 0 Å². The molecule has 286 valence electrons. The molecule has 0 fully saturated rings. The number of alkyl halides is 4. The van der Waals surface area contributed by atoms with Crippen LogP contribution in [0, 0.1) is 68.0 Å². The molecule has 7 rings (SSSR count). The molecule has 0 spiro atoms. The van der Waals surface area contributed by atoms with E-state index in [2.05, 4.69) is 36.4 Å². The minimum Gasteiger partial charge on any atom is -0.192 e. The van der Waals surface area contributed by atoms with Crippen LogP contribution >= 0.6 is 46.4 Å². The lowest BCUT2D eigenvalue weighted by molar-refractivity contribution is 1.45. The average molecular weight is 855 g/mol. The second-order valence-corrected chi connectivity index (χ2v) is 14.2. The Morgan fingerprint density at radius 2 is 0.333 bits per heavy atom. The smallest absolute Gasteiger partial charge is 0.0991 e. The molecular weight excluding hydrogens is 826 g/mol. The third kappa shape index (κ3) is 9.83. The van der Waals surface area contributed by atoms with Crippen molar-refractivity contribution in [2.45, 2.75) is 0 Å². The molecule has 7 aromatic rings. The number of halogens is 4. The fraction of sp³-hybridized carbons (Fsp3) is 0.0400. The van der Waals surface area contributed by atoms with E-state index in [4.69, 9.17) is 46.4 Å². The largest absolute Gasteiger partial charge is 0.192 e. The van der Waals surface area contributed by atoms with Crippen LogP contribution in [0.4, 0.5) is 0 Å². The average Bonchev–Trinajstić information content (AvgIpc) is 3.31. The van der Waals surface area contributed by atoms with E-state index in [0.717, 1.165) is 66.8 Å². The van der Waals surface area contributed by atoms with Crippen molar-refractivity contribution in [3.63, 3.8) is 0 Å². The Morgan fingerprint density at radius 1 is 0.233 bits per heavy atom. The monoisotopic (exact) mass is 852 g/mol. The van der Waals surface area contributed by atoms with Gasteiger partial charge in [0.05, 0.1) is 80.5 Å². The summed E-state index contributed by atoms with van der Waals surface area (Å²) in [6, 6.07) is 57.7. The first kappa shape index (κ1) is 43.8. The van der Waals surface area contributed by atoms with Crippen LogP contribution in [0.3, 0.4) is 0 Å². The predicted molar refractivity (Wildman–Crippen MR) is 240 cm³/mol. The first-order valence-electron chi connectivity index (χ1n) is 17.8. The Morgan fingerprint density at radius 3 is 0.417 bits per heavy atom. The van der Waals surface area contributed by atoms with E-state index >= 15 is 0 Å². The first-order chi connectivity index (χ1) is 29.3. The molecule has 60 heavy (non-hydrogen) atoms. The summed E-state index contributed by atoms with van der Waals surface area (Å²) >= 11 is 19.1. The Hall–Kier alpha value is -7.36. The van der Waals surface area contributed by atoms with Crippen LogP contribution in [0.15, 0.2) is 146 Å². The van der Waals surface area contributed by atoms with Crippen LogP contribution in [0.1, 0.15) is 33.4 Å². The van der Waals surface area contributed by atoms with Gasteiger partial charge in [-0.15, -0.1) is 46.4 Å². The molecule has 0 heterocycles. The van der Waals surface area contributed by atoms with Gasteiger partial charge in [-0.1, -0.05) is 72.8 Å². The summed E-state index contributed by atoms with van der Waals surface area (Å²) in [5.74, 6) is 0. The molecule has 0 unspecified atom stereocenters. The quantitative estimate of drug-likeness (QED) is 0.152. The van der Waals surface area contributed by atoms with Crippen molar-refractivity contribution in [1.82, 2.24) is 0 Å². The van der Waals surface area contributed by atoms with Gasteiger partial charge >= 0.3 is 0 Å². The second kappa shape index (κ2) is 21.4. The molecule has 0 atom stereocenters. The molecule has 0 saturated carbocycles. The Bertz CT molecular complexity index is 2330. The molecule has 6 nitrogen and oxygen atoms in total. The highest BCUT2D eigenvalue weighted by Crippen LogP contribution is 2.56. The Labute approximate surface area is 368 Å². The summed E-state index contributed by atoms with van der Waals surface area (Å²) in [6.07, 6.45) is 0. The first-order valence-corrected chi connectivity index (χ1v) is 20.0. The maximum absolute atomic E-state index is 9.77. The summed E-state index contributed by atoms with van der Waals surface area (Å²) in [5, 5.41) is 59.0. The minimum absolute atomic E-state index is 0.194. The second-order valence-electron chi connectivity index (χ2n) is 12.6. The third-order valence-electron chi connectivity index (χ3n) is 9.32. The molecule has 0 amide bonds. The summed E-state index contributed by atoms with van der Waals surface area (Å²) in [7, 11) is 0. The van der Waals surface area contributed by atoms with E-state index in [0.29, 0.717) is 33.4 Å². The topological polar surface area (TPSA) is 143 Å². The van der Waals surface area contributed by atoms with Gasteiger partial charge in [0.2, 0.25) is 0 Å². The fourth-order valence-electron chi connectivity index (χ4n) is 6.75. The fourth-order valence-corrected chi connectivity index (χ4v) is 6.75. The van der Waals surface area contributed by atoms with Crippen molar-refractivity contribution in [2.24, 2.45) is 0 Å². The maximum atomic E-state index is 9.77. The Balaban J connectivity index is 0.00000107. The van der Waals surface area contributed by atoms with Crippen molar-refractivity contribution in [3.8, 4) is 103 Å². The van der Waals surface area contributed by atoms with Crippen LogP contribution < -0.4 is 0 Å². The highest BCUT2D eigenvalue weighted by Gasteiger charge is 2.29. The lowest BCUT2D eigenvalue weighted by Crippen LogP contribution is -2.02. The summed E-state index contributed by atoms with van der Waals surface area (Å²) < 4.78 is 0. The van der Waals surface area contributed by atoms with Crippen molar-refractivity contribution < 1.29 is 0 Å². The number of benzene rings is 7. The minimum atomic E-state index is 0.194. The lowest BCUT2D eigenvalue weighted by atomic mass is 9.74. The molecule has 10 heteroatoms. The number of nitriles is 6. The lowest BCUT2D eigenvalue weighted by Gasteiger charge is -2.29. The highest BCUT2D eigenvalue weighted by molar-refractivity contribution is 6.41. The SMILES string of the molecule is ClCCl.ClCCl.N#Cc1ccc(-c2c(-c3ccc(C#N)cc3)c(-c3ccc(C#N)cc3)c(-c3ccc(C#N)cc3)c(-c3ccc(C#N)cc3)c2-c2ccc(C#N)cc2)cc1. The van der Waals surface area contributed by atoms with Crippen LogP contribution in [-0.4, -0.2) is 10.7 Å². The zero-order valence-electron chi connectivity index (χ0n) is 31.5. The van der Waals surface area contributed by atoms with Gasteiger partial charge < -0.3 is 0 Å². The molecule has 0 aliphatic heterocycles. The van der Waals surface area contributed by atoms with Crippen LogP contribution in [0.25, 0.3) is 66.8 Å². The number of hydrogen-bond donors (Lipinski definition) is 0. The zero-order valence-corrected chi connectivity index (χ0v) is 34.5. The van der Waals surface area contributed by atoms with Crippen LogP contribution in [0.2, 0.25) is 0 Å². The third-order valence-corrected chi connectivity index (χ3v) is 9.32. The zero-order chi connectivity index (χ0) is 43.0. The van der Waals surface area contributed by atoms with Crippen molar-refractivity contribution in [3.05, 3.63) is 179 Å². The molecule has 0 N–H and O–H groups in total. The number of rotatable bonds is 6. The van der Waals surface area contributed by atoms with Crippen molar-refractivity contribution >= 4 is 46.4 Å². The van der Waals surface area contributed by atoms with E-state index in [9.17, 15) is 31.6 Å². The van der Waals surface area contributed by atoms with Gasteiger partial charge in [-0.25, -0.2) is 0 Å². The van der Waals surface area contributed by atoms with Gasteiger partial charge in [0.25, 0.3) is 0 Å². The standard InChI is InChI=1S/C48H24N6.2CH2Cl2/c49-25-31-1-13-37(14-2-31)43-44(38-15-3-32(26-50)4-16-38)46(40-19-7-34(28-52)8-20-40)48(42-23-11-36(30-54)12-24-42)47(41-21-9-35(29-53)10-22-41)45(43)39-17-5-33(27-51)6-18-39;2*2-1-3/h1-24H;2*1H2. The van der Waals surface area contributed by atoms with Gasteiger partial charge in [0, 0.05) is 0 Å². The van der Waals surface area contributed by atoms with Gasteiger partial charge in [-0.05, 0) is 140 Å².